The van der Waals surface area contributed by atoms with E-state index in [9.17, 15) is 4.79 Å². The van der Waals surface area contributed by atoms with Crippen molar-refractivity contribution in [3.05, 3.63) is 47.8 Å². The van der Waals surface area contributed by atoms with Gasteiger partial charge in [0.1, 0.15) is 6.10 Å². The topological polar surface area (TPSA) is 64.6 Å². The van der Waals surface area contributed by atoms with Crippen LogP contribution in [-0.4, -0.2) is 47.1 Å². The fourth-order valence-corrected chi connectivity index (χ4v) is 3.23. The third-order valence-electron chi connectivity index (χ3n) is 4.55. The first-order valence-electron chi connectivity index (χ1n) is 9.00. The minimum atomic E-state index is -0.0859. The largest absolute Gasteiger partial charge is 0.477 e. The quantitative estimate of drug-likeness (QED) is 0.797. The molecule has 1 aliphatic rings. The van der Waals surface area contributed by atoms with Crippen molar-refractivity contribution in [2.75, 3.05) is 20.2 Å². The van der Waals surface area contributed by atoms with Crippen LogP contribution >= 0.6 is 0 Å². The van der Waals surface area contributed by atoms with Crippen LogP contribution in [0.5, 0.6) is 11.8 Å². The predicted molar refractivity (Wildman–Crippen MR) is 98.3 cm³/mol. The Hall–Kier alpha value is -2.63. The fraction of sp³-hybridized carbons (Fsp3) is 0.450. The number of carbonyl (C=O) groups excluding carboxylic acids is 1. The Morgan fingerprint density at radius 3 is 2.85 bits per heavy atom. The van der Waals surface area contributed by atoms with E-state index in [-0.39, 0.29) is 12.0 Å². The van der Waals surface area contributed by atoms with E-state index < -0.39 is 0 Å². The average Bonchev–Trinajstić information content (AvgIpc) is 2.67. The SMILES string of the molecule is COc1nccnc1OC1CCCN(C(=O)CCc2cccc(C)c2)C1. The number of aryl methyl sites for hydroxylation is 2. The molecule has 1 aliphatic heterocycles. The van der Waals surface area contributed by atoms with Crippen LogP contribution in [0.3, 0.4) is 0 Å². The molecule has 3 rings (SSSR count). The standard InChI is InChI=1S/C20H25N3O3/c1-15-5-3-6-16(13-15)8-9-18(24)23-12-4-7-17(14-23)26-20-19(25-2)21-10-11-22-20/h3,5-6,10-11,13,17H,4,7-9,12,14H2,1-2H3. The summed E-state index contributed by atoms with van der Waals surface area (Å²) < 4.78 is 11.1. The first-order chi connectivity index (χ1) is 12.7. The molecule has 2 heterocycles. The van der Waals surface area contributed by atoms with E-state index in [4.69, 9.17) is 9.47 Å². The van der Waals surface area contributed by atoms with Crippen molar-refractivity contribution in [1.29, 1.82) is 0 Å². The number of hydrogen-bond acceptors (Lipinski definition) is 5. The van der Waals surface area contributed by atoms with Gasteiger partial charge in [-0.1, -0.05) is 29.8 Å². The van der Waals surface area contributed by atoms with Crippen LogP contribution in [0.2, 0.25) is 0 Å². The van der Waals surface area contributed by atoms with E-state index in [1.807, 2.05) is 11.0 Å². The Kier molecular flexibility index (Phi) is 6.04. The first kappa shape index (κ1) is 18.2. The number of hydrogen-bond donors (Lipinski definition) is 0. The van der Waals surface area contributed by atoms with Gasteiger partial charge in [0.2, 0.25) is 5.91 Å². The number of rotatable bonds is 6. The molecule has 0 saturated carbocycles. The van der Waals surface area contributed by atoms with Gasteiger partial charge in [-0.05, 0) is 31.7 Å². The molecule has 1 unspecified atom stereocenters. The van der Waals surface area contributed by atoms with E-state index in [0.717, 1.165) is 25.8 Å². The molecule has 6 nitrogen and oxygen atoms in total. The van der Waals surface area contributed by atoms with E-state index >= 15 is 0 Å². The lowest BCUT2D eigenvalue weighted by molar-refractivity contribution is -0.133. The third-order valence-corrected chi connectivity index (χ3v) is 4.55. The minimum Gasteiger partial charge on any atom is -0.477 e. The lowest BCUT2D eigenvalue weighted by Gasteiger charge is -2.32. The smallest absolute Gasteiger partial charge is 0.278 e. The number of amides is 1. The molecule has 1 atom stereocenters. The van der Waals surface area contributed by atoms with Crippen molar-refractivity contribution in [3.8, 4) is 11.8 Å². The van der Waals surface area contributed by atoms with Gasteiger partial charge in [-0.25, -0.2) is 9.97 Å². The molecule has 26 heavy (non-hydrogen) atoms. The van der Waals surface area contributed by atoms with Crippen molar-refractivity contribution >= 4 is 5.91 Å². The van der Waals surface area contributed by atoms with Crippen LogP contribution in [-0.2, 0) is 11.2 Å². The van der Waals surface area contributed by atoms with Crippen LogP contribution < -0.4 is 9.47 Å². The second kappa shape index (κ2) is 8.65. The fourth-order valence-electron chi connectivity index (χ4n) is 3.23. The van der Waals surface area contributed by atoms with Crippen LogP contribution in [0.15, 0.2) is 36.7 Å². The summed E-state index contributed by atoms with van der Waals surface area (Å²) in [6.45, 7) is 3.43. The van der Waals surface area contributed by atoms with Crippen LogP contribution in [0.1, 0.15) is 30.4 Å². The van der Waals surface area contributed by atoms with Gasteiger partial charge in [0.15, 0.2) is 0 Å². The van der Waals surface area contributed by atoms with Crippen molar-refractivity contribution < 1.29 is 14.3 Å². The highest BCUT2D eigenvalue weighted by Crippen LogP contribution is 2.24. The van der Waals surface area contributed by atoms with Gasteiger partial charge in [-0.2, -0.15) is 0 Å². The summed E-state index contributed by atoms with van der Waals surface area (Å²) in [7, 11) is 1.54. The Morgan fingerprint density at radius 1 is 1.27 bits per heavy atom. The Labute approximate surface area is 154 Å². The highest BCUT2D eigenvalue weighted by atomic mass is 16.5. The highest BCUT2D eigenvalue weighted by Gasteiger charge is 2.26. The summed E-state index contributed by atoms with van der Waals surface area (Å²) in [5, 5.41) is 0. The molecule has 1 aromatic heterocycles. The third kappa shape index (κ3) is 4.71. The van der Waals surface area contributed by atoms with Crippen molar-refractivity contribution in [3.63, 3.8) is 0 Å². The molecule has 1 fully saturated rings. The van der Waals surface area contributed by atoms with Gasteiger partial charge >= 0.3 is 0 Å². The zero-order valence-corrected chi connectivity index (χ0v) is 15.4. The molecule has 138 valence electrons. The molecule has 0 spiro atoms. The Balaban J connectivity index is 1.55. The van der Waals surface area contributed by atoms with Gasteiger partial charge < -0.3 is 14.4 Å². The number of benzene rings is 1. The zero-order valence-electron chi connectivity index (χ0n) is 15.4. The Bertz CT molecular complexity index is 751. The van der Waals surface area contributed by atoms with E-state index in [1.54, 1.807) is 19.5 Å². The molecule has 0 radical (unpaired) electrons. The summed E-state index contributed by atoms with van der Waals surface area (Å²) in [5.41, 5.74) is 2.42. The normalized spacial score (nSPS) is 17.0. The van der Waals surface area contributed by atoms with Crippen molar-refractivity contribution in [2.24, 2.45) is 0 Å². The summed E-state index contributed by atoms with van der Waals surface area (Å²) in [6.07, 6.45) is 6.15. The number of aromatic nitrogens is 2. The lowest BCUT2D eigenvalue weighted by Crippen LogP contribution is -2.44. The first-order valence-corrected chi connectivity index (χ1v) is 9.00. The maximum Gasteiger partial charge on any atom is 0.278 e. The molecule has 0 aliphatic carbocycles. The highest BCUT2D eigenvalue weighted by molar-refractivity contribution is 5.76. The van der Waals surface area contributed by atoms with Crippen molar-refractivity contribution in [2.45, 2.75) is 38.7 Å². The number of carbonyl (C=O) groups is 1. The maximum absolute atomic E-state index is 12.6. The Morgan fingerprint density at radius 2 is 2.08 bits per heavy atom. The zero-order chi connectivity index (χ0) is 18.4. The number of likely N-dealkylation sites (tertiary alicyclic amines) is 1. The van der Waals surface area contributed by atoms with Gasteiger partial charge in [0.05, 0.1) is 13.7 Å². The molecule has 6 heteroatoms. The van der Waals surface area contributed by atoms with E-state index in [0.29, 0.717) is 24.7 Å². The van der Waals surface area contributed by atoms with Crippen LogP contribution in [0, 0.1) is 6.92 Å². The number of nitrogens with zero attached hydrogens (tertiary/aromatic N) is 3. The summed E-state index contributed by atoms with van der Waals surface area (Å²) >= 11 is 0. The summed E-state index contributed by atoms with van der Waals surface area (Å²) in [6, 6.07) is 8.31. The second-order valence-electron chi connectivity index (χ2n) is 6.58. The van der Waals surface area contributed by atoms with E-state index in [1.165, 1.54) is 11.1 Å². The number of methoxy groups -OCH3 is 1. The molecule has 0 N–H and O–H groups in total. The van der Waals surface area contributed by atoms with Crippen molar-refractivity contribution in [1.82, 2.24) is 14.9 Å². The molecule has 2 aromatic rings. The lowest BCUT2D eigenvalue weighted by atomic mass is 10.0. The monoisotopic (exact) mass is 355 g/mol. The van der Waals surface area contributed by atoms with Gasteiger partial charge in [-0.15, -0.1) is 0 Å². The van der Waals surface area contributed by atoms with Gasteiger partial charge in [-0.3, -0.25) is 4.79 Å². The van der Waals surface area contributed by atoms with Gasteiger partial charge in [0, 0.05) is 25.4 Å². The number of piperidine rings is 1. The maximum atomic E-state index is 12.6. The molecular formula is C20H25N3O3. The summed E-state index contributed by atoms with van der Waals surface area (Å²) in [4.78, 5) is 22.8. The molecule has 1 saturated heterocycles. The average molecular weight is 355 g/mol. The van der Waals surface area contributed by atoms with Crippen LogP contribution in [0.4, 0.5) is 0 Å². The molecule has 1 aromatic carbocycles. The van der Waals surface area contributed by atoms with Gasteiger partial charge in [0.25, 0.3) is 11.8 Å². The molecule has 0 bridgehead atoms. The van der Waals surface area contributed by atoms with E-state index in [2.05, 4.69) is 35.1 Å². The van der Waals surface area contributed by atoms with Crippen LogP contribution in [0.25, 0.3) is 0 Å². The molecular weight excluding hydrogens is 330 g/mol. The summed E-state index contributed by atoms with van der Waals surface area (Å²) in [5.74, 6) is 0.926. The predicted octanol–water partition coefficient (Wildman–Crippen LogP) is 2.80. The minimum absolute atomic E-state index is 0.0859. The number of ether oxygens (including phenoxy) is 2. The molecule has 1 amide bonds. The second-order valence-corrected chi connectivity index (χ2v) is 6.58.